The summed E-state index contributed by atoms with van der Waals surface area (Å²) in [6.45, 7) is 0. The standard InChI is InChI=1S/C23H20N4O7/c24-12-7-11(22-26-2-1-3-27-22)10-5-8-4-9-6-13(28)16(21(25)33)20(32)23(9,34)19(31)14(8)18(30)15(10)17(12)29/h1-3,7-9,29-30,32,34H,4-6,24H2,(H2,25,33)/t8-,9+,23+/m1/s1. The van der Waals surface area contributed by atoms with Crippen molar-refractivity contribution in [2.24, 2.45) is 17.6 Å². The number of aliphatic hydroxyl groups is 3. The van der Waals surface area contributed by atoms with Crippen LogP contribution in [-0.4, -0.2) is 53.5 Å². The molecule has 3 aliphatic carbocycles. The van der Waals surface area contributed by atoms with Gasteiger partial charge in [0.2, 0.25) is 5.78 Å². The van der Waals surface area contributed by atoms with E-state index < -0.39 is 57.8 Å². The van der Waals surface area contributed by atoms with Gasteiger partial charge in [-0.15, -0.1) is 0 Å². The first-order chi connectivity index (χ1) is 16.1. The van der Waals surface area contributed by atoms with Gasteiger partial charge in [-0.1, -0.05) is 0 Å². The van der Waals surface area contributed by atoms with E-state index in [9.17, 15) is 34.8 Å². The number of aromatic hydroxyl groups is 1. The number of rotatable bonds is 2. The van der Waals surface area contributed by atoms with Gasteiger partial charge < -0.3 is 31.9 Å². The van der Waals surface area contributed by atoms with Crippen molar-refractivity contribution < 1.29 is 34.8 Å². The molecular formula is C23H20N4O7. The van der Waals surface area contributed by atoms with Crippen LogP contribution in [0.4, 0.5) is 5.69 Å². The average Bonchev–Trinajstić information content (AvgIpc) is 2.79. The largest absolute Gasteiger partial charge is 0.508 e. The van der Waals surface area contributed by atoms with Gasteiger partial charge in [-0.3, -0.25) is 14.4 Å². The van der Waals surface area contributed by atoms with Crippen LogP contribution in [-0.2, 0) is 20.8 Å². The summed E-state index contributed by atoms with van der Waals surface area (Å²) in [5, 5.41) is 43.7. The lowest BCUT2D eigenvalue weighted by molar-refractivity contribution is -0.147. The highest BCUT2D eigenvalue weighted by molar-refractivity contribution is 6.22. The number of phenolic OH excluding ortho intramolecular Hbond substituents is 1. The SMILES string of the molecule is NC(=O)C1=C(O)[C@@]2(O)C(=O)C3=C(O)c4c(O)c(N)cc(-c5ncccn5)c4C[C@H]3C[C@H]2CC1=O. The van der Waals surface area contributed by atoms with Crippen molar-refractivity contribution in [2.45, 2.75) is 24.9 Å². The minimum absolute atomic E-state index is 0.0309. The van der Waals surface area contributed by atoms with E-state index in [0.29, 0.717) is 17.0 Å². The number of aromatic nitrogens is 2. The van der Waals surface area contributed by atoms with Gasteiger partial charge in [-0.25, -0.2) is 9.97 Å². The highest BCUT2D eigenvalue weighted by Crippen LogP contribution is 2.53. The van der Waals surface area contributed by atoms with E-state index in [-0.39, 0.29) is 36.1 Å². The minimum Gasteiger partial charge on any atom is -0.508 e. The Bertz CT molecular complexity index is 1370. The van der Waals surface area contributed by atoms with Crippen LogP contribution in [0.15, 0.2) is 41.4 Å². The lowest BCUT2D eigenvalue weighted by Gasteiger charge is -2.46. The summed E-state index contributed by atoms with van der Waals surface area (Å²) < 4.78 is 0. The van der Waals surface area contributed by atoms with Crippen molar-refractivity contribution in [3.63, 3.8) is 0 Å². The number of nitrogens with zero attached hydrogens (tertiary/aromatic N) is 2. The summed E-state index contributed by atoms with van der Waals surface area (Å²) in [6.07, 6.45) is 2.82. The van der Waals surface area contributed by atoms with Crippen molar-refractivity contribution in [1.29, 1.82) is 0 Å². The van der Waals surface area contributed by atoms with E-state index in [4.69, 9.17) is 11.5 Å². The Balaban J connectivity index is 1.74. The van der Waals surface area contributed by atoms with Crippen molar-refractivity contribution in [3.05, 3.63) is 52.6 Å². The van der Waals surface area contributed by atoms with Crippen molar-refractivity contribution >= 4 is 28.9 Å². The number of nitrogens with two attached hydrogens (primary N) is 2. The zero-order valence-electron chi connectivity index (χ0n) is 17.6. The molecule has 1 aromatic heterocycles. The molecule has 1 saturated carbocycles. The summed E-state index contributed by atoms with van der Waals surface area (Å²) in [4.78, 5) is 46.1. The number of Topliss-reactive ketones (excluding diaryl/α,β-unsaturated/α-hetero) is 2. The predicted octanol–water partition coefficient (Wildman–Crippen LogP) is 0.463. The number of phenols is 1. The molecule has 3 aliphatic rings. The van der Waals surface area contributed by atoms with E-state index in [1.165, 1.54) is 18.5 Å². The Morgan fingerprint density at radius 3 is 2.44 bits per heavy atom. The number of hydrogen-bond acceptors (Lipinski definition) is 10. The summed E-state index contributed by atoms with van der Waals surface area (Å²) in [5.41, 5.74) is 8.16. The third kappa shape index (κ3) is 2.70. The topological polar surface area (TPSA) is 210 Å². The molecule has 1 heterocycles. The molecule has 174 valence electrons. The first-order valence-corrected chi connectivity index (χ1v) is 10.5. The maximum absolute atomic E-state index is 13.5. The van der Waals surface area contributed by atoms with Gasteiger partial charge >= 0.3 is 0 Å². The summed E-state index contributed by atoms with van der Waals surface area (Å²) in [5.74, 6) is -6.72. The monoisotopic (exact) mass is 464 g/mol. The van der Waals surface area contributed by atoms with E-state index in [0.717, 1.165) is 0 Å². The summed E-state index contributed by atoms with van der Waals surface area (Å²) in [6, 6.07) is 3.09. The van der Waals surface area contributed by atoms with Gasteiger partial charge in [0.15, 0.2) is 17.2 Å². The van der Waals surface area contributed by atoms with Crippen LogP contribution in [0.2, 0.25) is 0 Å². The molecule has 0 bridgehead atoms. The number of amides is 1. The maximum atomic E-state index is 13.5. The molecule has 0 spiro atoms. The average molecular weight is 464 g/mol. The molecule has 34 heavy (non-hydrogen) atoms. The number of hydrogen-bond donors (Lipinski definition) is 6. The van der Waals surface area contributed by atoms with E-state index >= 15 is 0 Å². The van der Waals surface area contributed by atoms with Gasteiger partial charge in [0.1, 0.15) is 22.8 Å². The number of nitrogen functional groups attached to an aromatic ring is 1. The van der Waals surface area contributed by atoms with E-state index in [2.05, 4.69) is 9.97 Å². The predicted molar refractivity (Wildman–Crippen MR) is 117 cm³/mol. The van der Waals surface area contributed by atoms with Crippen molar-refractivity contribution in [3.8, 4) is 17.1 Å². The van der Waals surface area contributed by atoms with Gasteiger partial charge in [0.05, 0.1) is 11.3 Å². The van der Waals surface area contributed by atoms with Gasteiger partial charge in [-0.2, -0.15) is 0 Å². The molecule has 1 aromatic carbocycles. The zero-order valence-corrected chi connectivity index (χ0v) is 17.6. The zero-order chi connectivity index (χ0) is 24.5. The first-order valence-electron chi connectivity index (χ1n) is 10.5. The van der Waals surface area contributed by atoms with E-state index in [1.54, 1.807) is 6.07 Å². The van der Waals surface area contributed by atoms with Gasteiger partial charge in [0.25, 0.3) is 5.91 Å². The van der Waals surface area contributed by atoms with E-state index in [1.807, 2.05) is 0 Å². The van der Waals surface area contributed by atoms with Crippen LogP contribution >= 0.6 is 0 Å². The minimum atomic E-state index is -2.61. The van der Waals surface area contributed by atoms with Crippen LogP contribution in [0.25, 0.3) is 17.1 Å². The number of anilines is 1. The molecule has 11 nitrogen and oxygen atoms in total. The number of carbonyl (C=O) groups is 3. The second-order valence-electron chi connectivity index (χ2n) is 8.69. The van der Waals surface area contributed by atoms with Gasteiger partial charge in [-0.05, 0) is 36.5 Å². The number of aliphatic hydroxyl groups excluding tert-OH is 2. The summed E-state index contributed by atoms with van der Waals surface area (Å²) >= 11 is 0. The Kier molecular flexibility index (Phi) is 4.52. The molecule has 0 radical (unpaired) electrons. The summed E-state index contributed by atoms with van der Waals surface area (Å²) in [7, 11) is 0. The molecule has 8 N–H and O–H groups in total. The smallest absolute Gasteiger partial charge is 0.255 e. The number of ketones is 2. The lowest BCUT2D eigenvalue weighted by atomic mass is 9.59. The highest BCUT2D eigenvalue weighted by atomic mass is 16.3. The van der Waals surface area contributed by atoms with Crippen LogP contribution in [0.3, 0.4) is 0 Å². The Morgan fingerprint density at radius 1 is 1.12 bits per heavy atom. The third-order valence-corrected chi connectivity index (χ3v) is 6.90. The number of primary amides is 1. The fourth-order valence-electron chi connectivity index (χ4n) is 5.35. The fraction of sp³-hybridized carbons (Fsp3) is 0.261. The fourth-order valence-corrected chi connectivity index (χ4v) is 5.35. The Hall–Kier alpha value is -4.25. The molecule has 1 amide bonds. The lowest BCUT2D eigenvalue weighted by Crippen LogP contribution is -2.58. The molecule has 3 atom stereocenters. The molecule has 11 heteroatoms. The number of carbonyl (C=O) groups excluding carboxylic acids is 3. The Morgan fingerprint density at radius 2 is 1.79 bits per heavy atom. The normalized spacial score (nSPS) is 26.1. The second kappa shape index (κ2) is 7.12. The van der Waals surface area contributed by atoms with Crippen molar-refractivity contribution in [1.82, 2.24) is 9.97 Å². The molecule has 5 rings (SSSR count). The maximum Gasteiger partial charge on any atom is 0.255 e. The quantitative estimate of drug-likeness (QED) is 0.205. The van der Waals surface area contributed by atoms with Gasteiger partial charge in [0, 0.05) is 35.9 Å². The number of fused-ring (bicyclic) bond motifs is 3. The van der Waals surface area contributed by atoms with Crippen LogP contribution in [0.1, 0.15) is 24.0 Å². The highest BCUT2D eigenvalue weighted by Gasteiger charge is 2.60. The van der Waals surface area contributed by atoms with Crippen LogP contribution in [0.5, 0.6) is 5.75 Å². The third-order valence-electron chi connectivity index (χ3n) is 6.90. The van der Waals surface area contributed by atoms with Crippen molar-refractivity contribution in [2.75, 3.05) is 5.73 Å². The molecular weight excluding hydrogens is 444 g/mol. The van der Waals surface area contributed by atoms with Crippen LogP contribution < -0.4 is 11.5 Å². The number of benzene rings is 1. The second-order valence-corrected chi connectivity index (χ2v) is 8.69. The first kappa shape index (κ1) is 21.6. The molecule has 2 aromatic rings. The van der Waals surface area contributed by atoms with Crippen LogP contribution in [0, 0.1) is 11.8 Å². The molecule has 1 fully saturated rings. The molecule has 0 aliphatic heterocycles. The molecule has 0 unspecified atom stereocenters. The Labute approximate surface area is 192 Å². The molecule has 0 saturated heterocycles.